The number of amides is 1. The van der Waals surface area contributed by atoms with Gasteiger partial charge in [0.1, 0.15) is 5.25 Å². The van der Waals surface area contributed by atoms with E-state index < -0.39 is 11.9 Å². The van der Waals surface area contributed by atoms with Gasteiger partial charge < -0.3 is 10.0 Å². The maximum absolute atomic E-state index is 13.2. The summed E-state index contributed by atoms with van der Waals surface area (Å²) in [6.45, 7) is 0.925. The van der Waals surface area contributed by atoms with Crippen molar-refractivity contribution in [2.75, 3.05) is 13.1 Å². The number of hydrogen-bond acceptors (Lipinski definition) is 3. The number of nitrogens with zero attached hydrogens (tertiary/aromatic N) is 1. The number of hydrogen-bond donors (Lipinski definition) is 1. The number of carbonyl (C=O) groups is 2. The van der Waals surface area contributed by atoms with Crippen LogP contribution in [0, 0.1) is 5.92 Å². The van der Waals surface area contributed by atoms with Crippen LogP contribution in [0.15, 0.2) is 65.6 Å². The second-order valence-corrected chi connectivity index (χ2v) is 7.36. The number of benzene rings is 2. The Bertz CT molecular complexity index is 720. The molecule has 0 radical (unpaired) electrons. The smallest absolute Gasteiger partial charge is 0.308 e. The van der Waals surface area contributed by atoms with Crippen molar-refractivity contribution in [3.05, 3.63) is 66.2 Å². The molecule has 1 saturated heterocycles. The quantitative estimate of drug-likeness (QED) is 0.828. The summed E-state index contributed by atoms with van der Waals surface area (Å²) in [6, 6.07) is 19.5. The summed E-state index contributed by atoms with van der Waals surface area (Å²) in [6.07, 6.45) is 1.38. The molecule has 1 fully saturated rings. The van der Waals surface area contributed by atoms with Gasteiger partial charge in [-0.3, -0.25) is 9.59 Å². The Balaban J connectivity index is 1.83. The Hall–Kier alpha value is -2.27. The van der Waals surface area contributed by atoms with Gasteiger partial charge in [-0.15, -0.1) is 11.8 Å². The molecule has 0 spiro atoms. The third-order valence-electron chi connectivity index (χ3n) is 4.41. The maximum atomic E-state index is 13.2. The topological polar surface area (TPSA) is 57.6 Å². The van der Waals surface area contributed by atoms with E-state index in [1.54, 1.807) is 4.90 Å². The molecule has 5 heteroatoms. The minimum atomic E-state index is -0.815. The average molecular weight is 355 g/mol. The fraction of sp³-hybridized carbons (Fsp3) is 0.300. The zero-order valence-electron chi connectivity index (χ0n) is 13.9. The molecule has 2 aromatic rings. The SMILES string of the molecule is O=C(O)[C@H]1CCCN(C(=O)[C@H](Sc2ccccc2)c2ccccc2)C1. The van der Waals surface area contributed by atoms with Gasteiger partial charge in [0.05, 0.1) is 5.92 Å². The fourth-order valence-corrected chi connectivity index (χ4v) is 4.20. The number of carboxylic acids is 1. The lowest BCUT2D eigenvalue weighted by molar-refractivity contribution is -0.145. The van der Waals surface area contributed by atoms with E-state index in [1.165, 1.54) is 11.8 Å². The van der Waals surface area contributed by atoms with Gasteiger partial charge in [-0.1, -0.05) is 48.5 Å². The minimum absolute atomic E-state index is 0.00833. The molecule has 0 aromatic heterocycles. The number of rotatable bonds is 5. The summed E-state index contributed by atoms with van der Waals surface area (Å²) in [4.78, 5) is 27.2. The predicted octanol–water partition coefficient (Wildman–Crippen LogP) is 3.84. The molecule has 1 N–H and O–H groups in total. The number of thioether (sulfide) groups is 1. The Morgan fingerprint density at radius 2 is 1.68 bits per heavy atom. The molecule has 1 amide bonds. The molecule has 130 valence electrons. The minimum Gasteiger partial charge on any atom is -0.481 e. The lowest BCUT2D eigenvalue weighted by Crippen LogP contribution is -2.43. The molecule has 2 aromatic carbocycles. The number of aliphatic carboxylic acids is 1. The Labute approximate surface area is 151 Å². The van der Waals surface area contributed by atoms with Gasteiger partial charge >= 0.3 is 5.97 Å². The lowest BCUT2D eigenvalue weighted by Gasteiger charge is -2.33. The van der Waals surface area contributed by atoms with Crippen molar-refractivity contribution >= 4 is 23.6 Å². The molecule has 0 bridgehead atoms. The van der Waals surface area contributed by atoms with E-state index in [1.807, 2.05) is 60.7 Å². The first-order chi connectivity index (χ1) is 12.1. The van der Waals surface area contributed by atoms with Crippen LogP contribution in [0.5, 0.6) is 0 Å². The van der Waals surface area contributed by atoms with E-state index in [4.69, 9.17) is 0 Å². The van der Waals surface area contributed by atoms with Gasteiger partial charge in [0.15, 0.2) is 0 Å². The normalized spacial score (nSPS) is 18.6. The molecule has 1 aliphatic heterocycles. The highest BCUT2D eigenvalue weighted by Crippen LogP contribution is 2.37. The van der Waals surface area contributed by atoms with Crippen LogP contribution in [0.25, 0.3) is 0 Å². The highest BCUT2D eigenvalue weighted by atomic mass is 32.2. The van der Waals surface area contributed by atoms with Crippen molar-refractivity contribution in [1.29, 1.82) is 0 Å². The fourth-order valence-electron chi connectivity index (χ4n) is 3.07. The second-order valence-electron chi connectivity index (χ2n) is 6.18. The van der Waals surface area contributed by atoms with Crippen LogP contribution in [0.1, 0.15) is 23.7 Å². The van der Waals surface area contributed by atoms with Crippen LogP contribution in [0.3, 0.4) is 0 Å². The van der Waals surface area contributed by atoms with E-state index in [0.29, 0.717) is 19.5 Å². The van der Waals surface area contributed by atoms with Crippen molar-refractivity contribution in [1.82, 2.24) is 4.90 Å². The highest BCUT2D eigenvalue weighted by molar-refractivity contribution is 8.00. The molecule has 0 aliphatic carbocycles. The lowest BCUT2D eigenvalue weighted by atomic mass is 9.97. The van der Waals surface area contributed by atoms with Gasteiger partial charge in [-0.2, -0.15) is 0 Å². The van der Waals surface area contributed by atoms with Crippen molar-refractivity contribution in [2.24, 2.45) is 5.92 Å². The molecule has 2 atom stereocenters. The summed E-state index contributed by atoms with van der Waals surface area (Å²) in [5.41, 5.74) is 0.943. The first kappa shape index (κ1) is 17.5. The van der Waals surface area contributed by atoms with Crippen LogP contribution in [-0.2, 0) is 9.59 Å². The van der Waals surface area contributed by atoms with E-state index in [-0.39, 0.29) is 11.2 Å². The monoisotopic (exact) mass is 355 g/mol. The first-order valence-corrected chi connectivity index (χ1v) is 9.31. The number of carboxylic acid groups (broad SMARTS) is 1. The van der Waals surface area contributed by atoms with Gasteiger partial charge in [-0.25, -0.2) is 0 Å². The van der Waals surface area contributed by atoms with Crippen LogP contribution >= 0.6 is 11.8 Å². The Morgan fingerprint density at radius 1 is 1.04 bits per heavy atom. The average Bonchev–Trinajstić information content (AvgIpc) is 2.67. The van der Waals surface area contributed by atoms with E-state index in [0.717, 1.165) is 16.9 Å². The molecule has 25 heavy (non-hydrogen) atoms. The molecular weight excluding hydrogens is 334 g/mol. The zero-order chi connectivity index (χ0) is 17.6. The summed E-state index contributed by atoms with van der Waals surface area (Å²) in [5.74, 6) is -1.29. The summed E-state index contributed by atoms with van der Waals surface area (Å²) in [7, 11) is 0. The number of carbonyl (C=O) groups excluding carboxylic acids is 1. The van der Waals surface area contributed by atoms with Gasteiger partial charge in [0.25, 0.3) is 0 Å². The number of piperidine rings is 1. The van der Waals surface area contributed by atoms with Crippen LogP contribution < -0.4 is 0 Å². The third kappa shape index (κ3) is 4.42. The molecule has 1 heterocycles. The largest absolute Gasteiger partial charge is 0.481 e. The predicted molar refractivity (Wildman–Crippen MR) is 98.4 cm³/mol. The Kier molecular flexibility index (Phi) is 5.76. The maximum Gasteiger partial charge on any atom is 0.308 e. The van der Waals surface area contributed by atoms with Gasteiger partial charge in [0.2, 0.25) is 5.91 Å². The van der Waals surface area contributed by atoms with E-state index >= 15 is 0 Å². The molecule has 3 rings (SSSR count). The van der Waals surface area contributed by atoms with Gasteiger partial charge in [0, 0.05) is 18.0 Å². The van der Waals surface area contributed by atoms with Crippen LogP contribution in [0.4, 0.5) is 0 Å². The standard InChI is InChI=1S/C20H21NO3S/c22-19(21-13-7-10-16(14-21)20(23)24)18(15-8-3-1-4-9-15)25-17-11-5-2-6-12-17/h1-6,8-9,11-12,16,18H,7,10,13-14H2,(H,23,24)/t16-,18+/m0/s1. The molecular formula is C20H21NO3S. The molecule has 0 saturated carbocycles. The Morgan fingerprint density at radius 3 is 2.32 bits per heavy atom. The molecule has 0 unspecified atom stereocenters. The highest BCUT2D eigenvalue weighted by Gasteiger charge is 2.32. The third-order valence-corrected chi connectivity index (χ3v) is 5.66. The second kappa shape index (κ2) is 8.21. The first-order valence-electron chi connectivity index (χ1n) is 8.43. The van der Waals surface area contributed by atoms with Crippen molar-refractivity contribution in [2.45, 2.75) is 23.0 Å². The number of likely N-dealkylation sites (tertiary alicyclic amines) is 1. The van der Waals surface area contributed by atoms with E-state index in [9.17, 15) is 14.7 Å². The zero-order valence-corrected chi connectivity index (χ0v) is 14.7. The van der Waals surface area contributed by atoms with Crippen molar-refractivity contribution in [3.8, 4) is 0 Å². The summed E-state index contributed by atoms with van der Waals surface area (Å²) >= 11 is 1.51. The summed E-state index contributed by atoms with van der Waals surface area (Å²) in [5, 5.41) is 8.92. The molecule has 1 aliphatic rings. The van der Waals surface area contributed by atoms with E-state index in [2.05, 4.69) is 0 Å². The molecule has 4 nitrogen and oxygen atoms in total. The van der Waals surface area contributed by atoms with Crippen molar-refractivity contribution in [3.63, 3.8) is 0 Å². The van der Waals surface area contributed by atoms with Gasteiger partial charge in [-0.05, 0) is 30.5 Å². The van der Waals surface area contributed by atoms with Crippen LogP contribution in [0.2, 0.25) is 0 Å². The summed E-state index contributed by atoms with van der Waals surface area (Å²) < 4.78 is 0. The van der Waals surface area contributed by atoms with Crippen LogP contribution in [-0.4, -0.2) is 35.0 Å². The van der Waals surface area contributed by atoms with Crippen molar-refractivity contribution < 1.29 is 14.7 Å².